The number of alkyl halides is 3. The first-order valence-corrected chi connectivity index (χ1v) is 5.66. The summed E-state index contributed by atoms with van der Waals surface area (Å²) >= 11 is 4.82. The molecule has 19 heavy (non-hydrogen) atoms. The Morgan fingerprint density at radius 2 is 2.00 bits per heavy atom. The number of halogens is 3. The van der Waals surface area contributed by atoms with Crippen molar-refractivity contribution in [3.8, 4) is 0 Å². The van der Waals surface area contributed by atoms with Gasteiger partial charge in [-0.2, -0.15) is 13.2 Å². The highest BCUT2D eigenvalue weighted by Gasteiger charge is 2.30. The zero-order chi connectivity index (χ0) is 14.5. The van der Waals surface area contributed by atoms with E-state index in [0.29, 0.717) is 5.56 Å². The van der Waals surface area contributed by atoms with Crippen molar-refractivity contribution in [2.24, 2.45) is 0 Å². The summed E-state index contributed by atoms with van der Waals surface area (Å²) in [7, 11) is 0. The molecule has 0 bridgehead atoms. The molecule has 0 unspecified atom stereocenters. The van der Waals surface area contributed by atoms with Crippen LogP contribution in [0, 0.1) is 0 Å². The molecule has 1 aromatic rings. The first-order valence-electron chi connectivity index (χ1n) is 5.25. The van der Waals surface area contributed by atoms with Gasteiger partial charge in [-0.05, 0) is 29.9 Å². The fraction of sp³-hybridized carbons (Fsp3) is 0.273. The summed E-state index contributed by atoms with van der Waals surface area (Å²) in [5, 5.41) is 2.79. The van der Waals surface area contributed by atoms with Gasteiger partial charge in [0, 0.05) is 13.5 Å². The summed E-state index contributed by atoms with van der Waals surface area (Å²) in [6.45, 7) is 1.41. The standard InChI is InChI=1S/C11H12F3N3OS/c1-7(18)16-17-10(19)15-6-8-3-2-4-9(5-8)11(12,13)14/h2-5H,6H2,1H3,(H,16,18)(H2,15,17,19). The molecule has 0 atom stereocenters. The normalized spacial score (nSPS) is 10.7. The van der Waals surface area contributed by atoms with Crippen molar-refractivity contribution in [1.82, 2.24) is 16.2 Å². The molecule has 0 aliphatic rings. The maximum absolute atomic E-state index is 12.5. The average molecular weight is 291 g/mol. The van der Waals surface area contributed by atoms with Crippen LogP contribution in [-0.4, -0.2) is 11.0 Å². The van der Waals surface area contributed by atoms with Gasteiger partial charge in [0.15, 0.2) is 5.11 Å². The van der Waals surface area contributed by atoms with E-state index in [4.69, 9.17) is 12.2 Å². The van der Waals surface area contributed by atoms with Gasteiger partial charge in [0.25, 0.3) is 0 Å². The van der Waals surface area contributed by atoms with E-state index in [2.05, 4.69) is 16.2 Å². The van der Waals surface area contributed by atoms with E-state index < -0.39 is 11.7 Å². The van der Waals surface area contributed by atoms with Crippen molar-refractivity contribution in [2.75, 3.05) is 0 Å². The fourth-order valence-corrected chi connectivity index (χ4v) is 1.35. The highest BCUT2D eigenvalue weighted by molar-refractivity contribution is 7.80. The molecule has 4 nitrogen and oxygen atoms in total. The topological polar surface area (TPSA) is 53.2 Å². The molecule has 3 N–H and O–H groups in total. The smallest absolute Gasteiger partial charge is 0.357 e. The van der Waals surface area contributed by atoms with Crippen molar-refractivity contribution in [1.29, 1.82) is 0 Å². The molecule has 0 radical (unpaired) electrons. The zero-order valence-electron chi connectivity index (χ0n) is 9.97. The van der Waals surface area contributed by atoms with E-state index in [-0.39, 0.29) is 17.6 Å². The number of thiocarbonyl (C=S) groups is 1. The summed E-state index contributed by atoms with van der Waals surface area (Å²) in [4.78, 5) is 10.6. The van der Waals surface area contributed by atoms with E-state index in [1.165, 1.54) is 13.0 Å². The van der Waals surface area contributed by atoms with E-state index in [9.17, 15) is 18.0 Å². The third kappa shape index (κ3) is 5.56. The second kappa shape index (κ2) is 6.37. The molecule has 104 valence electrons. The van der Waals surface area contributed by atoms with Crippen LogP contribution in [0.4, 0.5) is 13.2 Å². The van der Waals surface area contributed by atoms with Crippen molar-refractivity contribution in [3.63, 3.8) is 0 Å². The lowest BCUT2D eigenvalue weighted by atomic mass is 10.1. The Hall–Kier alpha value is -1.83. The van der Waals surface area contributed by atoms with Crippen LogP contribution >= 0.6 is 12.2 Å². The molecule has 0 saturated heterocycles. The molecule has 0 aliphatic carbocycles. The van der Waals surface area contributed by atoms with Crippen molar-refractivity contribution >= 4 is 23.2 Å². The minimum Gasteiger partial charge on any atom is -0.357 e. The molecule has 1 amide bonds. The predicted octanol–water partition coefficient (Wildman–Crippen LogP) is 1.72. The number of hydrogen-bond acceptors (Lipinski definition) is 2. The van der Waals surface area contributed by atoms with Gasteiger partial charge in [0.2, 0.25) is 5.91 Å². The Morgan fingerprint density at radius 3 is 2.58 bits per heavy atom. The second-order valence-electron chi connectivity index (χ2n) is 3.69. The van der Waals surface area contributed by atoms with Gasteiger partial charge in [-0.1, -0.05) is 12.1 Å². The lowest BCUT2D eigenvalue weighted by Crippen LogP contribution is -2.45. The largest absolute Gasteiger partial charge is 0.416 e. The van der Waals surface area contributed by atoms with Gasteiger partial charge in [-0.15, -0.1) is 0 Å². The molecular weight excluding hydrogens is 279 g/mol. The second-order valence-corrected chi connectivity index (χ2v) is 4.10. The van der Waals surface area contributed by atoms with Crippen LogP contribution in [0.2, 0.25) is 0 Å². The summed E-state index contributed by atoms with van der Waals surface area (Å²) in [5.41, 5.74) is 4.36. The summed E-state index contributed by atoms with van der Waals surface area (Å²) in [6.07, 6.45) is -4.37. The molecular formula is C11H12F3N3OS. The molecule has 0 spiro atoms. The quantitative estimate of drug-likeness (QED) is 0.574. The average Bonchev–Trinajstić information content (AvgIpc) is 2.33. The summed E-state index contributed by atoms with van der Waals surface area (Å²) < 4.78 is 37.4. The fourth-order valence-electron chi connectivity index (χ4n) is 1.23. The molecule has 0 aromatic heterocycles. The van der Waals surface area contributed by atoms with Crippen LogP contribution in [-0.2, 0) is 17.5 Å². The molecule has 0 saturated carbocycles. The van der Waals surface area contributed by atoms with Crippen LogP contribution < -0.4 is 16.2 Å². The number of hydrogen-bond donors (Lipinski definition) is 3. The van der Waals surface area contributed by atoms with Crippen LogP contribution in [0.3, 0.4) is 0 Å². The first kappa shape index (κ1) is 15.2. The highest BCUT2D eigenvalue weighted by Crippen LogP contribution is 2.29. The summed E-state index contributed by atoms with van der Waals surface area (Å²) in [5.74, 6) is -0.330. The van der Waals surface area contributed by atoms with Gasteiger partial charge >= 0.3 is 6.18 Å². The number of nitrogens with one attached hydrogen (secondary N) is 3. The molecule has 1 aromatic carbocycles. The first-order chi connectivity index (χ1) is 8.79. The van der Waals surface area contributed by atoms with E-state index >= 15 is 0 Å². The maximum Gasteiger partial charge on any atom is 0.416 e. The lowest BCUT2D eigenvalue weighted by Gasteiger charge is -2.12. The minimum atomic E-state index is -4.37. The van der Waals surface area contributed by atoms with Crippen LogP contribution in [0.25, 0.3) is 0 Å². The number of benzene rings is 1. The number of hydrazine groups is 1. The van der Waals surface area contributed by atoms with Crippen molar-refractivity contribution in [2.45, 2.75) is 19.6 Å². The van der Waals surface area contributed by atoms with Gasteiger partial charge in [-0.3, -0.25) is 15.6 Å². The van der Waals surface area contributed by atoms with Gasteiger partial charge in [0.05, 0.1) is 5.56 Å². The Morgan fingerprint density at radius 1 is 1.32 bits per heavy atom. The minimum absolute atomic E-state index is 0.118. The molecule has 0 heterocycles. The number of amides is 1. The monoisotopic (exact) mass is 291 g/mol. The van der Waals surface area contributed by atoms with E-state index in [1.54, 1.807) is 6.07 Å². The van der Waals surface area contributed by atoms with Crippen LogP contribution in [0.1, 0.15) is 18.1 Å². The Labute approximate surface area is 113 Å². The SMILES string of the molecule is CC(=O)NNC(=S)NCc1cccc(C(F)(F)F)c1. The highest BCUT2D eigenvalue weighted by atomic mass is 32.1. The number of carbonyl (C=O) groups excluding carboxylic acids is 1. The van der Waals surface area contributed by atoms with Crippen molar-refractivity contribution < 1.29 is 18.0 Å². The zero-order valence-corrected chi connectivity index (χ0v) is 10.8. The Bertz CT molecular complexity index is 476. The number of carbonyl (C=O) groups is 1. The third-order valence-corrected chi connectivity index (χ3v) is 2.31. The molecule has 0 aliphatic heterocycles. The Kier molecular flexibility index (Phi) is 5.11. The molecule has 1 rings (SSSR count). The maximum atomic E-state index is 12.5. The third-order valence-electron chi connectivity index (χ3n) is 2.06. The van der Waals surface area contributed by atoms with E-state index in [1.807, 2.05) is 0 Å². The number of rotatable bonds is 2. The van der Waals surface area contributed by atoms with E-state index in [0.717, 1.165) is 12.1 Å². The van der Waals surface area contributed by atoms with Gasteiger partial charge in [0.1, 0.15) is 0 Å². The van der Waals surface area contributed by atoms with Crippen LogP contribution in [0.5, 0.6) is 0 Å². The van der Waals surface area contributed by atoms with Crippen molar-refractivity contribution in [3.05, 3.63) is 35.4 Å². The Balaban J connectivity index is 2.54. The summed E-state index contributed by atoms with van der Waals surface area (Å²) in [6, 6.07) is 4.90. The lowest BCUT2D eigenvalue weighted by molar-refractivity contribution is -0.137. The molecule has 8 heteroatoms. The van der Waals surface area contributed by atoms with Crippen LogP contribution in [0.15, 0.2) is 24.3 Å². The van der Waals surface area contributed by atoms with Gasteiger partial charge in [-0.25, -0.2) is 0 Å². The molecule has 0 fully saturated rings. The van der Waals surface area contributed by atoms with Gasteiger partial charge < -0.3 is 5.32 Å². The predicted molar refractivity (Wildman–Crippen MR) is 67.8 cm³/mol.